The standard InChI is InChI=1S/C21H22F3N3O4/c1-12(14-7-8-25-15(9-14)10-17(28)13-3-4-13)26-19(29)16-5-6-18(27-20(16)30-2)31-11-21(22,23)24/h5-9,12-13H,3-4,10-11H2,1-2H3,(H,26,29). The Kier molecular flexibility index (Phi) is 6.77. The van der Waals surface area contributed by atoms with Gasteiger partial charge in [-0.2, -0.15) is 18.2 Å². The van der Waals surface area contributed by atoms with Crippen molar-refractivity contribution in [1.29, 1.82) is 0 Å². The second-order valence-corrected chi connectivity index (χ2v) is 7.30. The highest BCUT2D eigenvalue weighted by molar-refractivity contribution is 5.96. The number of aromatic nitrogens is 2. The van der Waals surface area contributed by atoms with Crippen molar-refractivity contribution >= 4 is 11.7 Å². The van der Waals surface area contributed by atoms with E-state index in [9.17, 15) is 22.8 Å². The van der Waals surface area contributed by atoms with Gasteiger partial charge in [-0.05, 0) is 43.5 Å². The molecule has 7 nitrogen and oxygen atoms in total. The zero-order chi connectivity index (χ0) is 22.6. The number of amides is 1. The van der Waals surface area contributed by atoms with Gasteiger partial charge in [0.25, 0.3) is 5.91 Å². The molecule has 0 saturated heterocycles. The SMILES string of the molecule is COc1nc(OCC(F)(F)F)ccc1C(=O)NC(C)c1ccnc(CC(=O)C2CC2)c1. The number of carbonyl (C=O) groups excluding carboxylic acids is 2. The van der Waals surface area contributed by atoms with Crippen LogP contribution in [0.5, 0.6) is 11.8 Å². The van der Waals surface area contributed by atoms with Crippen LogP contribution < -0.4 is 14.8 Å². The fourth-order valence-electron chi connectivity index (χ4n) is 2.94. The van der Waals surface area contributed by atoms with Crippen LogP contribution in [0, 0.1) is 5.92 Å². The molecule has 1 saturated carbocycles. The third-order valence-corrected chi connectivity index (χ3v) is 4.73. The van der Waals surface area contributed by atoms with E-state index in [0.29, 0.717) is 5.69 Å². The Bertz CT molecular complexity index is 961. The van der Waals surface area contributed by atoms with E-state index in [-0.39, 0.29) is 35.4 Å². The predicted molar refractivity (Wildman–Crippen MR) is 104 cm³/mol. The summed E-state index contributed by atoms with van der Waals surface area (Å²) in [6, 6.07) is 5.54. The van der Waals surface area contributed by atoms with Crippen LogP contribution in [0.15, 0.2) is 30.5 Å². The maximum Gasteiger partial charge on any atom is 0.422 e. The summed E-state index contributed by atoms with van der Waals surface area (Å²) in [6.45, 7) is 0.264. The highest BCUT2D eigenvalue weighted by Gasteiger charge is 2.30. The molecule has 1 aliphatic rings. The molecule has 31 heavy (non-hydrogen) atoms. The van der Waals surface area contributed by atoms with Gasteiger partial charge in [0.2, 0.25) is 11.8 Å². The number of ether oxygens (including phenoxy) is 2. The van der Waals surface area contributed by atoms with E-state index in [1.165, 1.54) is 19.2 Å². The van der Waals surface area contributed by atoms with Crippen molar-refractivity contribution in [3.63, 3.8) is 0 Å². The largest absolute Gasteiger partial charge is 0.480 e. The van der Waals surface area contributed by atoms with Gasteiger partial charge in [-0.25, -0.2) is 0 Å². The summed E-state index contributed by atoms with van der Waals surface area (Å²) in [5.74, 6) is -0.671. The number of hydrogen-bond donors (Lipinski definition) is 1. The summed E-state index contributed by atoms with van der Waals surface area (Å²) in [4.78, 5) is 32.7. The molecule has 0 aliphatic heterocycles. The van der Waals surface area contributed by atoms with Crippen LogP contribution in [0.3, 0.4) is 0 Å². The number of Topliss-reactive ketones (excluding diaryl/α,β-unsaturated/α-hetero) is 1. The van der Waals surface area contributed by atoms with Gasteiger partial charge < -0.3 is 14.8 Å². The molecule has 1 N–H and O–H groups in total. The first-order valence-electron chi connectivity index (χ1n) is 9.69. The van der Waals surface area contributed by atoms with Crippen molar-refractivity contribution in [3.05, 3.63) is 47.3 Å². The summed E-state index contributed by atoms with van der Waals surface area (Å²) in [5.41, 5.74) is 1.45. The Labute approximate surface area is 177 Å². The number of rotatable bonds is 9. The van der Waals surface area contributed by atoms with Crippen molar-refractivity contribution in [2.75, 3.05) is 13.7 Å². The lowest BCUT2D eigenvalue weighted by molar-refractivity contribution is -0.154. The number of nitrogens with one attached hydrogen (secondary N) is 1. The first-order valence-corrected chi connectivity index (χ1v) is 9.69. The topological polar surface area (TPSA) is 90.4 Å². The number of hydrogen-bond acceptors (Lipinski definition) is 6. The smallest absolute Gasteiger partial charge is 0.422 e. The molecule has 0 bridgehead atoms. The summed E-state index contributed by atoms with van der Waals surface area (Å²) >= 11 is 0. The Hall–Kier alpha value is -3.17. The minimum atomic E-state index is -4.51. The predicted octanol–water partition coefficient (Wildman–Crippen LogP) is 3.44. The number of alkyl halides is 3. The Morgan fingerprint density at radius 3 is 2.65 bits per heavy atom. The second kappa shape index (κ2) is 9.32. The monoisotopic (exact) mass is 437 g/mol. The van der Waals surface area contributed by atoms with Crippen LogP contribution in [-0.2, 0) is 11.2 Å². The highest BCUT2D eigenvalue weighted by Crippen LogP contribution is 2.31. The van der Waals surface area contributed by atoms with Gasteiger partial charge in [-0.3, -0.25) is 14.6 Å². The fraction of sp³-hybridized carbons (Fsp3) is 0.429. The van der Waals surface area contributed by atoms with Crippen molar-refractivity contribution in [3.8, 4) is 11.8 Å². The molecule has 2 heterocycles. The normalized spacial score (nSPS) is 14.6. The van der Waals surface area contributed by atoms with Crippen LogP contribution in [0.4, 0.5) is 13.2 Å². The number of ketones is 1. The van der Waals surface area contributed by atoms with E-state index < -0.39 is 24.7 Å². The van der Waals surface area contributed by atoms with Crippen molar-refractivity contribution < 1.29 is 32.2 Å². The Morgan fingerprint density at radius 1 is 1.26 bits per heavy atom. The minimum absolute atomic E-state index is 0.0481. The molecule has 0 radical (unpaired) electrons. The van der Waals surface area contributed by atoms with E-state index in [2.05, 4.69) is 20.0 Å². The lowest BCUT2D eigenvalue weighted by Crippen LogP contribution is -2.27. The number of nitrogens with zero attached hydrogens (tertiary/aromatic N) is 2. The van der Waals surface area contributed by atoms with Gasteiger partial charge in [0.15, 0.2) is 6.61 Å². The summed E-state index contributed by atoms with van der Waals surface area (Å²) in [7, 11) is 1.25. The van der Waals surface area contributed by atoms with Gasteiger partial charge in [0.1, 0.15) is 11.3 Å². The fourth-order valence-corrected chi connectivity index (χ4v) is 2.94. The van der Waals surface area contributed by atoms with Crippen LogP contribution >= 0.6 is 0 Å². The molecule has 0 spiro atoms. The summed E-state index contributed by atoms with van der Waals surface area (Å²) in [5, 5.41) is 2.79. The van der Waals surface area contributed by atoms with Gasteiger partial charge in [0.05, 0.1) is 13.2 Å². The summed E-state index contributed by atoms with van der Waals surface area (Å²) in [6.07, 6.45) is -0.798. The van der Waals surface area contributed by atoms with Crippen LogP contribution in [0.2, 0.25) is 0 Å². The lowest BCUT2D eigenvalue weighted by atomic mass is 10.1. The molecule has 2 aromatic heterocycles. The molecule has 1 fully saturated rings. The highest BCUT2D eigenvalue weighted by atomic mass is 19.4. The van der Waals surface area contributed by atoms with E-state index in [1.807, 2.05) is 0 Å². The maximum absolute atomic E-state index is 12.7. The molecule has 166 valence electrons. The number of halogens is 3. The number of methoxy groups -OCH3 is 1. The molecule has 0 aromatic carbocycles. The molecule has 1 unspecified atom stereocenters. The Balaban J connectivity index is 1.66. The maximum atomic E-state index is 12.7. The summed E-state index contributed by atoms with van der Waals surface area (Å²) < 4.78 is 46.5. The zero-order valence-corrected chi connectivity index (χ0v) is 17.0. The van der Waals surface area contributed by atoms with Crippen LogP contribution in [0.25, 0.3) is 0 Å². The quantitative estimate of drug-likeness (QED) is 0.646. The van der Waals surface area contributed by atoms with Gasteiger partial charge in [-0.1, -0.05) is 0 Å². The Morgan fingerprint density at radius 2 is 2.00 bits per heavy atom. The third kappa shape index (κ3) is 6.40. The van der Waals surface area contributed by atoms with Crippen molar-refractivity contribution in [2.24, 2.45) is 5.92 Å². The van der Waals surface area contributed by atoms with Gasteiger partial charge in [-0.15, -0.1) is 0 Å². The number of carbonyl (C=O) groups is 2. The van der Waals surface area contributed by atoms with Gasteiger partial charge >= 0.3 is 6.18 Å². The second-order valence-electron chi connectivity index (χ2n) is 7.30. The van der Waals surface area contributed by atoms with Gasteiger partial charge in [0, 0.05) is 30.3 Å². The molecular weight excluding hydrogens is 415 g/mol. The first-order chi connectivity index (χ1) is 14.7. The van der Waals surface area contributed by atoms with Crippen LogP contribution in [0.1, 0.15) is 47.4 Å². The van der Waals surface area contributed by atoms with E-state index in [0.717, 1.165) is 18.4 Å². The minimum Gasteiger partial charge on any atom is -0.480 e. The van der Waals surface area contributed by atoms with E-state index >= 15 is 0 Å². The average molecular weight is 437 g/mol. The first kappa shape index (κ1) is 22.5. The zero-order valence-electron chi connectivity index (χ0n) is 17.0. The van der Waals surface area contributed by atoms with E-state index in [1.54, 1.807) is 25.3 Å². The lowest BCUT2D eigenvalue weighted by Gasteiger charge is -2.16. The van der Waals surface area contributed by atoms with E-state index in [4.69, 9.17) is 4.74 Å². The van der Waals surface area contributed by atoms with Crippen LogP contribution in [-0.4, -0.2) is 41.6 Å². The molecule has 2 aromatic rings. The van der Waals surface area contributed by atoms with Crippen molar-refractivity contribution in [1.82, 2.24) is 15.3 Å². The molecule has 1 aliphatic carbocycles. The molecule has 3 rings (SSSR count). The van der Waals surface area contributed by atoms with Crippen molar-refractivity contribution in [2.45, 2.75) is 38.4 Å². The molecule has 1 amide bonds. The molecule has 10 heteroatoms. The molecular formula is C21H22F3N3O4. The number of pyridine rings is 2. The average Bonchev–Trinajstić information content (AvgIpc) is 3.57. The third-order valence-electron chi connectivity index (χ3n) is 4.73. The molecule has 1 atom stereocenters.